The molecule has 5 nitrogen and oxygen atoms in total. The second-order valence-electron chi connectivity index (χ2n) is 6.70. The number of piperazine rings is 1. The van der Waals surface area contributed by atoms with Gasteiger partial charge in [0.05, 0.1) is 11.4 Å². The number of halogens is 1. The predicted molar refractivity (Wildman–Crippen MR) is 109 cm³/mol. The Hall–Kier alpha value is -2.80. The van der Waals surface area contributed by atoms with Gasteiger partial charge in [-0.3, -0.25) is 9.78 Å². The van der Waals surface area contributed by atoms with E-state index in [4.69, 9.17) is 0 Å². The van der Waals surface area contributed by atoms with Crippen molar-refractivity contribution >= 4 is 22.9 Å². The zero-order valence-corrected chi connectivity index (χ0v) is 16.2. The zero-order valence-electron chi connectivity index (χ0n) is 15.4. The zero-order chi connectivity index (χ0) is 19.3. The molecule has 1 aliphatic heterocycles. The summed E-state index contributed by atoms with van der Waals surface area (Å²) >= 11 is 1.58. The monoisotopic (exact) mass is 396 g/mol. The van der Waals surface area contributed by atoms with Crippen LogP contribution in [0.4, 0.5) is 10.1 Å². The fourth-order valence-corrected chi connectivity index (χ4v) is 4.21. The lowest BCUT2D eigenvalue weighted by Gasteiger charge is -2.36. The van der Waals surface area contributed by atoms with E-state index in [0.29, 0.717) is 44.7 Å². The van der Waals surface area contributed by atoms with Crippen LogP contribution in [0.5, 0.6) is 0 Å². The van der Waals surface area contributed by atoms with Crippen LogP contribution in [0.15, 0.2) is 54.2 Å². The van der Waals surface area contributed by atoms with Gasteiger partial charge in [0.15, 0.2) is 0 Å². The lowest BCUT2D eigenvalue weighted by Crippen LogP contribution is -2.49. The molecule has 4 rings (SSSR count). The number of aryl methyl sites for hydroxylation is 1. The smallest absolute Gasteiger partial charge is 0.223 e. The average Bonchev–Trinajstić information content (AvgIpc) is 3.22. The van der Waals surface area contributed by atoms with Crippen molar-refractivity contribution in [3.05, 3.63) is 65.7 Å². The van der Waals surface area contributed by atoms with Crippen molar-refractivity contribution in [1.29, 1.82) is 0 Å². The SMILES string of the molecule is O=C(CCc1csc(-c2ccncc2)n1)N1CCN(c2ccccc2F)CC1. The van der Waals surface area contributed by atoms with Crippen LogP contribution in [-0.4, -0.2) is 47.0 Å². The number of thiazole rings is 1. The third-order valence-corrected chi connectivity index (χ3v) is 5.84. The largest absolute Gasteiger partial charge is 0.366 e. The number of rotatable bonds is 5. The first-order valence-corrected chi connectivity index (χ1v) is 10.2. The van der Waals surface area contributed by atoms with Gasteiger partial charge in [-0.2, -0.15) is 0 Å². The van der Waals surface area contributed by atoms with Crippen LogP contribution in [0, 0.1) is 5.82 Å². The van der Waals surface area contributed by atoms with Crippen molar-refractivity contribution in [2.75, 3.05) is 31.1 Å². The van der Waals surface area contributed by atoms with Crippen molar-refractivity contribution in [3.8, 4) is 10.6 Å². The Kier molecular flexibility index (Phi) is 5.62. The molecular formula is C21H21FN4OS. The number of carbonyl (C=O) groups is 1. The summed E-state index contributed by atoms with van der Waals surface area (Å²) < 4.78 is 13.9. The molecule has 0 aliphatic carbocycles. The van der Waals surface area contributed by atoms with E-state index in [-0.39, 0.29) is 11.7 Å². The van der Waals surface area contributed by atoms with Gasteiger partial charge >= 0.3 is 0 Å². The number of anilines is 1. The van der Waals surface area contributed by atoms with Crippen LogP contribution in [0.25, 0.3) is 10.6 Å². The maximum atomic E-state index is 13.9. The minimum absolute atomic E-state index is 0.131. The molecular weight excluding hydrogens is 375 g/mol. The van der Waals surface area contributed by atoms with Gasteiger partial charge in [-0.05, 0) is 30.7 Å². The highest BCUT2D eigenvalue weighted by molar-refractivity contribution is 7.13. The molecule has 1 aromatic carbocycles. The summed E-state index contributed by atoms with van der Waals surface area (Å²) in [4.78, 5) is 25.1. The molecule has 0 unspecified atom stereocenters. The average molecular weight is 396 g/mol. The van der Waals surface area contributed by atoms with Crippen LogP contribution in [0.2, 0.25) is 0 Å². The summed E-state index contributed by atoms with van der Waals surface area (Å²) in [5, 5.41) is 2.96. The maximum absolute atomic E-state index is 13.9. The lowest BCUT2D eigenvalue weighted by atomic mass is 10.2. The van der Waals surface area contributed by atoms with E-state index >= 15 is 0 Å². The van der Waals surface area contributed by atoms with Gasteiger partial charge in [-0.25, -0.2) is 9.37 Å². The Morgan fingerprint density at radius 3 is 2.57 bits per heavy atom. The highest BCUT2D eigenvalue weighted by atomic mass is 32.1. The normalized spacial score (nSPS) is 14.3. The number of nitrogens with zero attached hydrogens (tertiary/aromatic N) is 4. The fraction of sp³-hybridized carbons (Fsp3) is 0.286. The van der Waals surface area contributed by atoms with Crippen LogP contribution < -0.4 is 4.90 Å². The first kappa shape index (κ1) is 18.6. The van der Waals surface area contributed by atoms with E-state index in [2.05, 4.69) is 9.97 Å². The number of benzene rings is 1. The number of amides is 1. The van der Waals surface area contributed by atoms with E-state index < -0.39 is 0 Å². The number of aromatic nitrogens is 2. The third-order valence-electron chi connectivity index (χ3n) is 4.90. The summed E-state index contributed by atoms with van der Waals surface area (Å²) in [6.07, 6.45) is 4.58. The van der Waals surface area contributed by atoms with E-state index in [1.807, 2.05) is 33.4 Å². The highest BCUT2D eigenvalue weighted by Gasteiger charge is 2.22. The third kappa shape index (κ3) is 4.20. The maximum Gasteiger partial charge on any atom is 0.223 e. The van der Waals surface area contributed by atoms with Gasteiger partial charge in [0.25, 0.3) is 0 Å². The molecule has 7 heteroatoms. The minimum Gasteiger partial charge on any atom is -0.366 e. The molecule has 28 heavy (non-hydrogen) atoms. The van der Waals surface area contributed by atoms with Crippen LogP contribution in [0.3, 0.4) is 0 Å². The van der Waals surface area contributed by atoms with Crippen LogP contribution in [-0.2, 0) is 11.2 Å². The molecule has 0 N–H and O–H groups in total. The van der Waals surface area contributed by atoms with E-state index in [0.717, 1.165) is 16.3 Å². The molecule has 0 spiro atoms. The Labute approximate surface area is 167 Å². The van der Waals surface area contributed by atoms with Gasteiger partial charge < -0.3 is 9.80 Å². The molecule has 0 saturated carbocycles. The summed E-state index contributed by atoms with van der Waals surface area (Å²) in [6.45, 7) is 2.53. The Morgan fingerprint density at radius 2 is 1.82 bits per heavy atom. The molecule has 0 radical (unpaired) electrons. The van der Waals surface area contributed by atoms with Gasteiger partial charge in [0.2, 0.25) is 5.91 Å². The van der Waals surface area contributed by atoms with Crippen molar-refractivity contribution in [2.24, 2.45) is 0 Å². The number of para-hydroxylation sites is 1. The van der Waals surface area contributed by atoms with Crippen LogP contribution >= 0.6 is 11.3 Å². The van der Waals surface area contributed by atoms with Gasteiger partial charge in [0.1, 0.15) is 10.8 Å². The highest BCUT2D eigenvalue weighted by Crippen LogP contribution is 2.24. The van der Waals surface area contributed by atoms with Crippen molar-refractivity contribution < 1.29 is 9.18 Å². The van der Waals surface area contributed by atoms with Gasteiger partial charge in [-0.1, -0.05) is 12.1 Å². The van der Waals surface area contributed by atoms with Crippen molar-refractivity contribution in [3.63, 3.8) is 0 Å². The molecule has 1 amide bonds. The number of pyridine rings is 1. The van der Waals surface area contributed by atoms with Crippen LogP contribution in [0.1, 0.15) is 12.1 Å². The summed E-state index contributed by atoms with van der Waals surface area (Å²) in [7, 11) is 0. The van der Waals surface area contributed by atoms with Gasteiger partial charge in [0, 0.05) is 55.9 Å². The number of hydrogen-bond acceptors (Lipinski definition) is 5. The predicted octanol–water partition coefficient (Wildman–Crippen LogP) is 3.63. The lowest BCUT2D eigenvalue weighted by molar-refractivity contribution is -0.131. The second kappa shape index (κ2) is 8.48. The molecule has 144 valence electrons. The fourth-order valence-electron chi connectivity index (χ4n) is 3.35. The Balaban J connectivity index is 1.28. The molecule has 3 aromatic rings. The molecule has 3 heterocycles. The molecule has 2 aromatic heterocycles. The molecule has 0 atom stereocenters. The Bertz CT molecular complexity index is 938. The van der Waals surface area contributed by atoms with E-state index in [1.165, 1.54) is 6.07 Å². The standard InChI is InChI=1S/C21H21FN4OS/c22-18-3-1-2-4-19(18)25-11-13-26(14-12-25)20(27)6-5-17-15-28-21(24-17)16-7-9-23-10-8-16/h1-4,7-10,15H,5-6,11-14H2. The number of hydrogen-bond donors (Lipinski definition) is 0. The Morgan fingerprint density at radius 1 is 1.07 bits per heavy atom. The molecule has 1 aliphatic rings. The van der Waals surface area contributed by atoms with E-state index in [9.17, 15) is 9.18 Å². The second-order valence-corrected chi connectivity index (χ2v) is 7.56. The first-order chi connectivity index (χ1) is 13.7. The first-order valence-electron chi connectivity index (χ1n) is 9.33. The summed E-state index contributed by atoms with van der Waals surface area (Å²) in [6, 6.07) is 10.7. The summed E-state index contributed by atoms with van der Waals surface area (Å²) in [5.41, 5.74) is 2.60. The van der Waals surface area contributed by atoms with E-state index in [1.54, 1.807) is 35.9 Å². The van der Waals surface area contributed by atoms with Crippen molar-refractivity contribution in [1.82, 2.24) is 14.9 Å². The quantitative estimate of drug-likeness (QED) is 0.661. The molecule has 1 fully saturated rings. The van der Waals surface area contributed by atoms with Gasteiger partial charge in [-0.15, -0.1) is 11.3 Å². The van der Waals surface area contributed by atoms with Crippen molar-refractivity contribution in [2.45, 2.75) is 12.8 Å². The minimum atomic E-state index is -0.212. The molecule has 1 saturated heterocycles. The number of carbonyl (C=O) groups excluding carboxylic acids is 1. The topological polar surface area (TPSA) is 49.3 Å². The summed E-state index contributed by atoms with van der Waals surface area (Å²) in [5.74, 6) is -0.0811. The molecule has 0 bridgehead atoms.